The van der Waals surface area contributed by atoms with Crippen LogP contribution in [0.1, 0.15) is 32.1 Å². The number of carbonyl (C=O) groups excluding carboxylic acids is 1. The molecular weight excluding hydrogens is 214 g/mol. The Morgan fingerprint density at radius 1 is 0.941 bits per heavy atom. The third kappa shape index (κ3) is 3.77. The molecule has 17 heavy (non-hydrogen) atoms. The Bertz CT molecular complexity index is 342. The molecule has 1 aromatic carbocycles. The highest BCUT2D eigenvalue weighted by Gasteiger charge is 2.16. The first-order chi connectivity index (χ1) is 8.36. The van der Waals surface area contributed by atoms with Gasteiger partial charge in [0.2, 0.25) is 0 Å². The Morgan fingerprint density at radius 2 is 1.53 bits per heavy atom. The van der Waals surface area contributed by atoms with Crippen molar-refractivity contribution in [3.63, 3.8) is 0 Å². The molecule has 0 N–H and O–H groups in total. The molecule has 0 bridgehead atoms. The molecular formula is C14H19NO2. The zero-order valence-corrected chi connectivity index (χ0v) is 10.1. The molecule has 1 aromatic rings. The topological polar surface area (TPSA) is 29.5 Å². The van der Waals surface area contributed by atoms with Crippen molar-refractivity contribution in [2.45, 2.75) is 32.1 Å². The average Bonchev–Trinajstić information content (AvgIpc) is 2.29. The zero-order valence-electron chi connectivity index (χ0n) is 10.1. The average molecular weight is 233 g/mol. The first-order valence-electron chi connectivity index (χ1n) is 6.38. The van der Waals surface area contributed by atoms with E-state index in [1.165, 1.54) is 19.3 Å². The van der Waals surface area contributed by atoms with E-state index in [2.05, 4.69) is 0 Å². The summed E-state index contributed by atoms with van der Waals surface area (Å²) in [5.74, 6) is 0.625. The quantitative estimate of drug-likeness (QED) is 0.743. The monoisotopic (exact) mass is 233 g/mol. The molecule has 0 unspecified atom stereocenters. The Balaban J connectivity index is 1.89. The van der Waals surface area contributed by atoms with Crippen LogP contribution in [0.25, 0.3) is 0 Å². The van der Waals surface area contributed by atoms with Crippen molar-refractivity contribution >= 4 is 6.09 Å². The van der Waals surface area contributed by atoms with Gasteiger partial charge >= 0.3 is 6.09 Å². The second-order valence-electron chi connectivity index (χ2n) is 4.44. The fourth-order valence-electron chi connectivity index (χ4n) is 2.08. The SMILES string of the molecule is O=C(Oc1ccccc1)N1CCCCCCC1. The number of nitrogens with zero attached hydrogens (tertiary/aromatic N) is 1. The van der Waals surface area contributed by atoms with Gasteiger partial charge in [0.05, 0.1) is 0 Å². The summed E-state index contributed by atoms with van der Waals surface area (Å²) >= 11 is 0. The number of benzene rings is 1. The first kappa shape index (κ1) is 12.0. The summed E-state index contributed by atoms with van der Waals surface area (Å²) in [5, 5.41) is 0. The van der Waals surface area contributed by atoms with Gasteiger partial charge in [-0.3, -0.25) is 0 Å². The van der Waals surface area contributed by atoms with Gasteiger partial charge in [0.1, 0.15) is 5.75 Å². The van der Waals surface area contributed by atoms with Gasteiger partial charge in [0.25, 0.3) is 0 Å². The second-order valence-corrected chi connectivity index (χ2v) is 4.44. The minimum Gasteiger partial charge on any atom is -0.410 e. The lowest BCUT2D eigenvalue weighted by atomic mass is 10.1. The molecule has 1 amide bonds. The van der Waals surface area contributed by atoms with Crippen molar-refractivity contribution in [3.8, 4) is 5.75 Å². The van der Waals surface area contributed by atoms with Gasteiger partial charge in [0, 0.05) is 13.1 Å². The zero-order chi connectivity index (χ0) is 11.9. The maximum absolute atomic E-state index is 11.9. The Kier molecular flexibility index (Phi) is 4.42. The van der Waals surface area contributed by atoms with Gasteiger partial charge < -0.3 is 9.64 Å². The fourth-order valence-corrected chi connectivity index (χ4v) is 2.08. The van der Waals surface area contributed by atoms with E-state index in [1.54, 1.807) is 0 Å². The molecule has 1 heterocycles. The first-order valence-corrected chi connectivity index (χ1v) is 6.38. The van der Waals surface area contributed by atoms with Gasteiger partial charge in [-0.1, -0.05) is 37.5 Å². The molecule has 1 saturated heterocycles. The lowest BCUT2D eigenvalue weighted by molar-refractivity contribution is 0.147. The van der Waals surface area contributed by atoms with Crippen LogP contribution < -0.4 is 4.74 Å². The minimum atomic E-state index is -0.210. The summed E-state index contributed by atoms with van der Waals surface area (Å²) in [7, 11) is 0. The predicted octanol–water partition coefficient (Wildman–Crippen LogP) is 3.45. The Morgan fingerprint density at radius 3 is 2.18 bits per heavy atom. The van der Waals surface area contributed by atoms with Crippen molar-refractivity contribution in [3.05, 3.63) is 30.3 Å². The highest BCUT2D eigenvalue weighted by Crippen LogP contribution is 2.14. The van der Waals surface area contributed by atoms with Gasteiger partial charge in [-0.2, -0.15) is 0 Å². The van der Waals surface area contributed by atoms with E-state index >= 15 is 0 Å². The highest BCUT2D eigenvalue weighted by molar-refractivity contribution is 5.70. The molecule has 0 atom stereocenters. The third-order valence-electron chi connectivity index (χ3n) is 3.06. The number of ether oxygens (including phenoxy) is 1. The third-order valence-corrected chi connectivity index (χ3v) is 3.06. The van der Waals surface area contributed by atoms with Crippen molar-refractivity contribution in [2.24, 2.45) is 0 Å². The second kappa shape index (κ2) is 6.28. The molecule has 3 heteroatoms. The minimum absolute atomic E-state index is 0.210. The molecule has 3 nitrogen and oxygen atoms in total. The summed E-state index contributed by atoms with van der Waals surface area (Å²) in [6.45, 7) is 1.65. The summed E-state index contributed by atoms with van der Waals surface area (Å²) in [6, 6.07) is 9.27. The predicted molar refractivity (Wildman–Crippen MR) is 67.1 cm³/mol. The normalized spacial score (nSPS) is 17.1. The largest absolute Gasteiger partial charge is 0.415 e. The van der Waals surface area contributed by atoms with Crippen molar-refractivity contribution in [2.75, 3.05) is 13.1 Å². The van der Waals surface area contributed by atoms with Crippen LogP contribution in [0, 0.1) is 0 Å². The van der Waals surface area contributed by atoms with Crippen LogP contribution in [-0.4, -0.2) is 24.1 Å². The summed E-state index contributed by atoms with van der Waals surface area (Å²) in [5.41, 5.74) is 0. The number of likely N-dealkylation sites (tertiary alicyclic amines) is 1. The highest BCUT2D eigenvalue weighted by atomic mass is 16.6. The van der Waals surface area contributed by atoms with Crippen LogP contribution >= 0.6 is 0 Å². The van der Waals surface area contributed by atoms with Crippen molar-refractivity contribution < 1.29 is 9.53 Å². The Hall–Kier alpha value is -1.51. The Labute approximate surface area is 102 Å². The lowest BCUT2D eigenvalue weighted by Gasteiger charge is -2.23. The van der Waals surface area contributed by atoms with E-state index in [9.17, 15) is 4.79 Å². The van der Waals surface area contributed by atoms with Crippen LogP contribution in [0.4, 0.5) is 4.79 Å². The number of carbonyl (C=O) groups is 1. The molecule has 0 saturated carbocycles. The van der Waals surface area contributed by atoms with E-state index in [4.69, 9.17) is 4.74 Å². The van der Waals surface area contributed by atoms with Crippen LogP contribution in [0.5, 0.6) is 5.75 Å². The van der Waals surface area contributed by atoms with Crippen LogP contribution in [0.3, 0.4) is 0 Å². The molecule has 0 spiro atoms. The van der Waals surface area contributed by atoms with Crippen molar-refractivity contribution in [1.82, 2.24) is 4.90 Å². The molecule has 1 fully saturated rings. The van der Waals surface area contributed by atoms with Crippen molar-refractivity contribution in [1.29, 1.82) is 0 Å². The number of hydrogen-bond acceptors (Lipinski definition) is 2. The maximum Gasteiger partial charge on any atom is 0.415 e. The van der Waals surface area contributed by atoms with Gasteiger partial charge in [-0.15, -0.1) is 0 Å². The number of hydrogen-bond donors (Lipinski definition) is 0. The smallest absolute Gasteiger partial charge is 0.410 e. The van der Waals surface area contributed by atoms with Crippen LogP contribution in [0.2, 0.25) is 0 Å². The fraction of sp³-hybridized carbons (Fsp3) is 0.500. The van der Waals surface area contributed by atoms with Crippen LogP contribution in [0.15, 0.2) is 30.3 Å². The standard InChI is InChI=1S/C14H19NO2/c16-14(17-13-9-5-4-6-10-13)15-11-7-2-1-3-8-12-15/h4-6,9-10H,1-3,7-8,11-12H2. The van der Waals surface area contributed by atoms with Gasteiger partial charge in [-0.25, -0.2) is 4.79 Å². The molecule has 92 valence electrons. The number of amides is 1. The molecule has 1 aliphatic rings. The number of para-hydroxylation sites is 1. The molecule has 0 aliphatic carbocycles. The van der Waals surface area contributed by atoms with Crippen LogP contribution in [-0.2, 0) is 0 Å². The maximum atomic E-state index is 11.9. The van der Waals surface area contributed by atoms with E-state index in [-0.39, 0.29) is 6.09 Å². The van der Waals surface area contributed by atoms with Gasteiger partial charge in [0.15, 0.2) is 0 Å². The molecule has 0 aromatic heterocycles. The molecule has 2 rings (SSSR count). The van der Waals surface area contributed by atoms with E-state index in [0.717, 1.165) is 25.9 Å². The summed E-state index contributed by atoms with van der Waals surface area (Å²) < 4.78 is 5.34. The number of rotatable bonds is 1. The van der Waals surface area contributed by atoms with E-state index < -0.39 is 0 Å². The van der Waals surface area contributed by atoms with E-state index in [0.29, 0.717) is 5.75 Å². The van der Waals surface area contributed by atoms with Gasteiger partial charge in [-0.05, 0) is 25.0 Å². The molecule has 0 radical (unpaired) electrons. The summed E-state index contributed by atoms with van der Waals surface area (Å²) in [4.78, 5) is 13.8. The molecule has 1 aliphatic heterocycles. The lowest BCUT2D eigenvalue weighted by Crippen LogP contribution is -2.35. The summed E-state index contributed by atoms with van der Waals surface area (Å²) in [6.07, 6.45) is 5.69. The van der Waals surface area contributed by atoms with E-state index in [1.807, 2.05) is 35.2 Å².